The molecule has 0 bridgehead atoms. The van der Waals surface area contributed by atoms with Crippen LogP contribution in [0.3, 0.4) is 0 Å². The number of benzene rings is 1. The average molecular weight is 332 g/mol. The van der Waals surface area contributed by atoms with E-state index in [1.807, 2.05) is 37.3 Å². The molecule has 1 aromatic heterocycles. The van der Waals surface area contributed by atoms with Gasteiger partial charge in [-0.05, 0) is 31.5 Å². The highest BCUT2D eigenvalue weighted by molar-refractivity contribution is 6.11. The predicted molar refractivity (Wildman–Crippen MR) is 90.1 cm³/mol. The van der Waals surface area contributed by atoms with Gasteiger partial charge in [-0.1, -0.05) is 29.8 Å². The second-order valence-corrected chi connectivity index (χ2v) is 5.57. The first kappa shape index (κ1) is 17.8. The number of hydrogen-bond acceptors (Lipinski definition) is 5. The number of nitriles is 2. The van der Waals surface area contributed by atoms with Crippen molar-refractivity contribution in [2.75, 3.05) is 0 Å². The van der Waals surface area contributed by atoms with Gasteiger partial charge in [0, 0.05) is 6.54 Å². The van der Waals surface area contributed by atoms with E-state index in [1.54, 1.807) is 13.0 Å². The third-order valence-corrected chi connectivity index (χ3v) is 3.70. The van der Waals surface area contributed by atoms with Gasteiger partial charge in [0.1, 0.15) is 11.8 Å². The van der Waals surface area contributed by atoms with Gasteiger partial charge < -0.3 is 5.32 Å². The van der Waals surface area contributed by atoms with Crippen molar-refractivity contribution in [3.63, 3.8) is 0 Å². The minimum absolute atomic E-state index is 0.00599. The number of aryl methyl sites for hydroxylation is 2. The Hall–Kier alpha value is -3.51. The lowest BCUT2D eigenvalue weighted by molar-refractivity contribution is -0.122. The first-order chi connectivity index (χ1) is 12.0. The van der Waals surface area contributed by atoms with E-state index >= 15 is 0 Å². The molecule has 124 valence electrons. The first-order valence-corrected chi connectivity index (χ1v) is 7.61. The lowest BCUT2D eigenvalue weighted by Crippen LogP contribution is -2.34. The first-order valence-electron chi connectivity index (χ1n) is 7.61. The lowest BCUT2D eigenvalue weighted by atomic mass is 10.0. The zero-order valence-electron chi connectivity index (χ0n) is 13.9. The van der Waals surface area contributed by atoms with Crippen LogP contribution >= 0.6 is 0 Å². The average Bonchev–Trinajstić information content (AvgIpc) is 2.61. The number of nitrogens with zero attached hydrogens (tertiary/aromatic N) is 3. The molecule has 6 nitrogen and oxygen atoms in total. The van der Waals surface area contributed by atoms with Gasteiger partial charge in [0.05, 0.1) is 17.3 Å². The summed E-state index contributed by atoms with van der Waals surface area (Å²) in [5, 5.41) is 20.7. The standard InChI is InChI=1S/C19H16N4O2/c1-12-3-5-14(6-4-12)11-22-19(25)16(10-21)18(24)17-8-7-15(9-20)13(2)23-17/h3-8,16H,11H2,1-2H3,(H,22,25)/t16-/m1/s1. The van der Waals surface area contributed by atoms with Crippen LogP contribution in [0.1, 0.15) is 32.9 Å². The zero-order valence-corrected chi connectivity index (χ0v) is 13.9. The minimum Gasteiger partial charge on any atom is -0.350 e. The van der Waals surface area contributed by atoms with Crippen molar-refractivity contribution in [2.24, 2.45) is 5.92 Å². The molecule has 0 aliphatic rings. The van der Waals surface area contributed by atoms with E-state index in [2.05, 4.69) is 10.3 Å². The van der Waals surface area contributed by atoms with Crippen molar-refractivity contribution in [3.05, 3.63) is 64.5 Å². The maximum atomic E-state index is 12.4. The predicted octanol–water partition coefficient (Wildman–Crippen LogP) is 2.21. The number of rotatable bonds is 5. The summed E-state index contributed by atoms with van der Waals surface area (Å²) in [6.07, 6.45) is 0. The summed E-state index contributed by atoms with van der Waals surface area (Å²) in [7, 11) is 0. The SMILES string of the molecule is Cc1ccc(CNC(=O)[C@H](C#N)C(=O)c2ccc(C#N)c(C)n2)cc1. The maximum absolute atomic E-state index is 12.4. The summed E-state index contributed by atoms with van der Waals surface area (Å²) >= 11 is 0. The third kappa shape index (κ3) is 4.27. The van der Waals surface area contributed by atoms with E-state index in [4.69, 9.17) is 5.26 Å². The number of ketones is 1. The summed E-state index contributed by atoms with van der Waals surface area (Å²) in [6.45, 7) is 3.78. The Labute approximate surface area is 145 Å². The number of amides is 1. The number of carbonyl (C=O) groups excluding carboxylic acids is 2. The molecule has 0 aliphatic carbocycles. The van der Waals surface area contributed by atoms with E-state index in [0.717, 1.165) is 11.1 Å². The molecule has 0 spiro atoms. The molecule has 1 atom stereocenters. The Morgan fingerprint density at radius 3 is 2.36 bits per heavy atom. The molecule has 1 N–H and O–H groups in total. The van der Waals surface area contributed by atoms with E-state index in [0.29, 0.717) is 11.3 Å². The topological polar surface area (TPSA) is 107 Å². The number of hydrogen-bond donors (Lipinski definition) is 1. The van der Waals surface area contributed by atoms with Crippen LogP contribution < -0.4 is 5.32 Å². The number of aromatic nitrogens is 1. The quantitative estimate of drug-likeness (QED) is 0.667. The largest absolute Gasteiger partial charge is 0.350 e. The molecule has 1 heterocycles. The summed E-state index contributed by atoms with van der Waals surface area (Å²) in [6, 6.07) is 14.0. The lowest BCUT2D eigenvalue weighted by Gasteiger charge is -2.10. The Bertz CT molecular complexity index is 889. The molecule has 0 aliphatic heterocycles. The number of pyridine rings is 1. The zero-order chi connectivity index (χ0) is 18.4. The fraction of sp³-hybridized carbons (Fsp3) is 0.211. The Kier molecular flexibility index (Phi) is 5.60. The summed E-state index contributed by atoms with van der Waals surface area (Å²) < 4.78 is 0. The van der Waals surface area contributed by atoms with Crippen molar-refractivity contribution >= 4 is 11.7 Å². The highest BCUT2D eigenvalue weighted by Crippen LogP contribution is 2.11. The molecule has 2 rings (SSSR count). The van der Waals surface area contributed by atoms with Crippen molar-refractivity contribution in [1.29, 1.82) is 10.5 Å². The molecule has 6 heteroatoms. The van der Waals surface area contributed by atoms with Crippen molar-refractivity contribution in [3.8, 4) is 12.1 Å². The van der Waals surface area contributed by atoms with E-state index in [-0.39, 0.29) is 12.2 Å². The maximum Gasteiger partial charge on any atom is 0.245 e. The van der Waals surface area contributed by atoms with Gasteiger partial charge in [-0.15, -0.1) is 0 Å². The molecular formula is C19H16N4O2. The molecule has 0 fully saturated rings. The molecular weight excluding hydrogens is 316 g/mol. The number of Topliss-reactive ketones (excluding diaryl/α,β-unsaturated/α-hetero) is 1. The molecule has 0 saturated carbocycles. The van der Waals surface area contributed by atoms with E-state index in [9.17, 15) is 14.9 Å². The summed E-state index contributed by atoms with van der Waals surface area (Å²) in [5.41, 5.74) is 2.69. The second-order valence-electron chi connectivity index (χ2n) is 5.57. The fourth-order valence-electron chi connectivity index (χ4n) is 2.20. The highest BCUT2D eigenvalue weighted by atomic mass is 16.2. The van der Waals surface area contributed by atoms with Crippen LogP contribution in [0, 0.1) is 42.4 Å². The van der Waals surface area contributed by atoms with Gasteiger partial charge >= 0.3 is 0 Å². The Morgan fingerprint density at radius 2 is 1.80 bits per heavy atom. The van der Waals surface area contributed by atoms with Gasteiger partial charge in [0.2, 0.25) is 11.7 Å². The van der Waals surface area contributed by atoms with Gasteiger partial charge in [-0.3, -0.25) is 9.59 Å². The summed E-state index contributed by atoms with van der Waals surface area (Å²) in [5.74, 6) is -2.83. The van der Waals surface area contributed by atoms with Gasteiger partial charge in [0.25, 0.3) is 0 Å². The Balaban J connectivity index is 2.10. The van der Waals surface area contributed by atoms with Crippen LogP contribution in [0.2, 0.25) is 0 Å². The molecule has 1 amide bonds. The molecule has 25 heavy (non-hydrogen) atoms. The molecule has 1 aromatic carbocycles. The minimum atomic E-state index is -1.48. The monoisotopic (exact) mass is 332 g/mol. The smallest absolute Gasteiger partial charge is 0.245 e. The van der Waals surface area contributed by atoms with Crippen molar-refractivity contribution < 1.29 is 9.59 Å². The normalized spacial score (nSPS) is 11.0. The van der Waals surface area contributed by atoms with Crippen LogP contribution in [0.4, 0.5) is 0 Å². The van der Waals surface area contributed by atoms with Gasteiger partial charge in [0.15, 0.2) is 5.92 Å². The van der Waals surface area contributed by atoms with E-state index < -0.39 is 17.6 Å². The van der Waals surface area contributed by atoms with Crippen LogP contribution in [-0.2, 0) is 11.3 Å². The molecule has 0 saturated heterocycles. The van der Waals surface area contributed by atoms with Gasteiger partial charge in [-0.2, -0.15) is 10.5 Å². The van der Waals surface area contributed by atoms with Crippen LogP contribution in [0.25, 0.3) is 0 Å². The van der Waals surface area contributed by atoms with Crippen molar-refractivity contribution in [1.82, 2.24) is 10.3 Å². The Morgan fingerprint density at radius 1 is 1.12 bits per heavy atom. The molecule has 0 unspecified atom stereocenters. The number of nitrogens with one attached hydrogen (secondary N) is 1. The number of carbonyl (C=O) groups is 2. The van der Waals surface area contributed by atoms with Crippen LogP contribution in [-0.4, -0.2) is 16.7 Å². The van der Waals surface area contributed by atoms with Crippen LogP contribution in [0.15, 0.2) is 36.4 Å². The van der Waals surface area contributed by atoms with Crippen LogP contribution in [0.5, 0.6) is 0 Å². The molecule has 2 aromatic rings. The second kappa shape index (κ2) is 7.85. The highest BCUT2D eigenvalue weighted by Gasteiger charge is 2.28. The fourth-order valence-corrected chi connectivity index (χ4v) is 2.20. The van der Waals surface area contributed by atoms with Crippen molar-refractivity contribution in [2.45, 2.75) is 20.4 Å². The summed E-state index contributed by atoms with van der Waals surface area (Å²) in [4.78, 5) is 28.6. The van der Waals surface area contributed by atoms with Gasteiger partial charge in [-0.25, -0.2) is 4.98 Å². The van der Waals surface area contributed by atoms with E-state index in [1.165, 1.54) is 12.1 Å². The molecule has 0 radical (unpaired) electrons. The third-order valence-electron chi connectivity index (χ3n) is 3.70.